The van der Waals surface area contributed by atoms with Crippen LogP contribution in [0, 0.1) is 0 Å². The molecule has 2 atom stereocenters. The first-order valence-electron chi connectivity index (χ1n) is 5.57. The smallest absolute Gasteiger partial charge is 0.137 e. The van der Waals surface area contributed by atoms with E-state index in [0.717, 1.165) is 23.1 Å². The third kappa shape index (κ3) is 3.19. The van der Waals surface area contributed by atoms with E-state index in [2.05, 4.69) is 32.8 Å². The predicted octanol–water partition coefficient (Wildman–Crippen LogP) is 2.81. The predicted molar refractivity (Wildman–Crippen MR) is 70.6 cm³/mol. The molecule has 0 spiro atoms. The van der Waals surface area contributed by atoms with Crippen molar-refractivity contribution in [3.63, 3.8) is 0 Å². The Morgan fingerprint density at radius 1 is 1.59 bits per heavy atom. The molecule has 0 aromatic carbocycles. The number of nitrogens with one attached hydrogen (secondary N) is 1. The molecule has 1 aromatic heterocycles. The van der Waals surface area contributed by atoms with E-state index in [0.29, 0.717) is 6.54 Å². The van der Waals surface area contributed by atoms with Crippen LogP contribution in [0.4, 0.5) is 10.1 Å². The van der Waals surface area contributed by atoms with Crippen molar-refractivity contribution >= 4 is 21.6 Å². The second kappa shape index (κ2) is 5.49. The fourth-order valence-corrected chi connectivity index (χ4v) is 2.33. The van der Waals surface area contributed by atoms with Crippen LogP contribution in [-0.2, 0) is 0 Å². The van der Waals surface area contributed by atoms with Crippen LogP contribution in [0.15, 0.2) is 35.7 Å². The summed E-state index contributed by atoms with van der Waals surface area (Å²) in [5, 5.41) is 3.19. The number of halogens is 2. The zero-order chi connectivity index (χ0) is 12.3. The number of hydrogen-bond donors (Lipinski definition) is 1. The Kier molecular flexibility index (Phi) is 3.99. The molecule has 1 aliphatic heterocycles. The molecule has 1 aliphatic rings. The fraction of sp³-hybridized carbons (Fsp3) is 0.417. The molecule has 1 aromatic rings. The van der Waals surface area contributed by atoms with Crippen molar-refractivity contribution in [1.82, 2.24) is 9.88 Å². The molecule has 0 aliphatic carbocycles. The highest BCUT2D eigenvalue weighted by atomic mass is 79.9. The summed E-state index contributed by atoms with van der Waals surface area (Å²) < 4.78 is 14.8. The molecule has 0 saturated carbocycles. The lowest BCUT2D eigenvalue weighted by Crippen LogP contribution is -2.45. The number of nitrogens with zero attached hydrogens (tertiary/aromatic N) is 2. The van der Waals surface area contributed by atoms with Crippen LogP contribution >= 0.6 is 15.9 Å². The van der Waals surface area contributed by atoms with Crippen molar-refractivity contribution in [3.05, 3.63) is 35.7 Å². The third-order valence-corrected chi connectivity index (χ3v) is 3.32. The molecular weight excluding hydrogens is 285 g/mol. The van der Waals surface area contributed by atoms with Crippen LogP contribution in [0.5, 0.6) is 0 Å². The van der Waals surface area contributed by atoms with Gasteiger partial charge < -0.3 is 10.2 Å². The Labute approximate surface area is 109 Å². The summed E-state index contributed by atoms with van der Waals surface area (Å²) in [6.07, 6.45) is 4.99. The lowest BCUT2D eigenvalue weighted by Gasteiger charge is -2.34. The van der Waals surface area contributed by atoms with Crippen LogP contribution < -0.4 is 5.32 Å². The maximum atomic E-state index is 13.9. The summed E-state index contributed by atoms with van der Waals surface area (Å²) in [6.45, 7) is 4.90. The molecule has 2 rings (SSSR count). The summed E-state index contributed by atoms with van der Waals surface area (Å²) in [7, 11) is 0. The average molecular weight is 300 g/mol. The van der Waals surface area contributed by atoms with Gasteiger partial charge in [-0.3, -0.25) is 4.98 Å². The lowest BCUT2D eigenvalue weighted by atomic mass is 10.0. The van der Waals surface area contributed by atoms with Gasteiger partial charge in [0, 0.05) is 17.2 Å². The summed E-state index contributed by atoms with van der Waals surface area (Å²) >= 11 is 3.35. The van der Waals surface area contributed by atoms with E-state index in [-0.39, 0.29) is 6.04 Å². The van der Waals surface area contributed by atoms with Crippen LogP contribution in [0.1, 0.15) is 6.42 Å². The molecule has 1 fully saturated rings. The Bertz CT molecular complexity index is 399. The van der Waals surface area contributed by atoms with Crippen molar-refractivity contribution in [3.8, 4) is 0 Å². The number of alkyl halides is 1. The zero-order valence-electron chi connectivity index (χ0n) is 9.44. The summed E-state index contributed by atoms with van der Waals surface area (Å²) in [5.74, 6) is 0. The highest BCUT2D eigenvalue weighted by Crippen LogP contribution is 2.20. The Morgan fingerprint density at radius 2 is 2.41 bits per heavy atom. The molecule has 5 heteroatoms. The van der Waals surface area contributed by atoms with Gasteiger partial charge in [0.1, 0.15) is 6.17 Å². The van der Waals surface area contributed by atoms with Gasteiger partial charge in [-0.05, 0) is 34.6 Å². The third-order valence-electron chi connectivity index (χ3n) is 2.89. The highest BCUT2D eigenvalue weighted by Gasteiger charge is 2.27. The van der Waals surface area contributed by atoms with Gasteiger partial charge >= 0.3 is 0 Å². The van der Waals surface area contributed by atoms with Gasteiger partial charge in [0.05, 0.1) is 24.5 Å². The SMILES string of the molecule is C=CN1CCC(Nc2cncc(Br)c2)C(F)C1. The van der Waals surface area contributed by atoms with E-state index in [4.69, 9.17) is 0 Å². The van der Waals surface area contributed by atoms with E-state index in [9.17, 15) is 4.39 Å². The van der Waals surface area contributed by atoms with Gasteiger partial charge in [0.25, 0.3) is 0 Å². The van der Waals surface area contributed by atoms with E-state index in [1.165, 1.54) is 0 Å². The van der Waals surface area contributed by atoms with Crippen molar-refractivity contribution in [2.75, 3.05) is 18.4 Å². The molecule has 2 unspecified atom stereocenters. The van der Waals surface area contributed by atoms with Gasteiger partial charge in [-0.2, -0.15) is 0 Å². The van der Waals surface area contributed by atoms with Crippen molar-refractivity contribution < 1.29 is 4.39 Å². The topological polar surface area (TPSA) is 28.2 Å². The normalized spacial score (nSPS) is 24.5. The number of aromatic nitrogens is 1. The van der Waals surface area contributed by atoms with Gasteiger partial charge in [-0.25, -0.2) is 4.39 Å². The maximum absolute atomic E-state index is 13.9. The lowest BCUT2D eigenvalue weighted by molar-refractivity contribution is 0.165. The molecule has 92 valence electrons. The molecule has 2 heterocycles. The molecule has 1 N–H and O–H groups in total. The minimum absolute atomic E-state index is 0.151. The van der Waals surface area contributed by atoms with Gasteiger partial charge in [-0.15, -0.1) is 0 Å². The van der Waals surface area contributed by atoms with Crippen LogP contribution in [0.25, 0.3) is 0 Å². The summed E-state index contributed by atoms with van der Waals surface area (Å²) in [5.41, 5.74) is 0.846. The van der Waals surface area contributed by atoms with Crippen molar-refractivity contribution in [2.45, 2.75) is 18.6 Å². The number of anilines is 1. The van der Waals surface area contributed by atoms with Crippen LogP contribution in [0.3, 0.4) is 0 Å². The monoisotopic (exact) mass is 299 g/mol. The molecular formula is C12H15BrFN3. The van der Waals surface area contributed by atoms with E-state index >= 15 is 0 Å². The average Bonchev–Trinajstić information content (AvgIpc) is 2.32. The second-order valence-corrected chi connectivity index (χ2v) is 5.04. The first-order chi connectivity index (χ1) is 8.19. The molecule has 0 bridgehead atoms. The fourth-order valence-electron chi connectivity index (χ4n) is 1.96. The Hall–Kier alpha value is -1.10. The van der Waals surface area contributed by atoms with Crippen LogP contribution in [0.2, 0.25) is 0 Å². The first-order valence-corrected chi connectivity index (χ1v) is 6.36. The van der Waals surface area contributed by atoms with E-state index < -0.39 is 6.17 Å². The minimum atomic E-state index is -0.888. The van der Waals surface area contributed by atoms with Crippen molar-refractivity contribution in [1.29, 1.82) is 0 Å². The largest absolute Gasteiger partial charge is 0.378 e. The summed E-state index contributed by atoms with van der Waals surface area (Å²) in [4.78, 5) is 5.95. The number of piperidine rings is 1. The minimum Gasteiger partial charge on any atom is -0.378 e. The molecule has 17 heavy (non-hydrogen) atoms. The summed E-state index contributed by atoms with van der Waals surface area (Å²) in [6, 6.07) is 1.75. The molecule has 3 nitrogen and oxygen atoms in total. The standard InChI is InChI=1S/C12H15BrFN3/c1-2-17-4-3-12(11(14)8-17)16-10-5-9(13)6-15-7-10/h2,5-7,11-12,16H,1,3-4,8H2. The Morgan fingerprint density at radius 3 is 3.06 bits per heavy atom. The van der Waals surface area contributed by atoms with Gasteiger partial charge in [0.2, 0.25) is 0 Å². The quantitative estimate of drug-likeness (QED) is 0.930. The van der Waals surface area contributed by atoms with Crippen molar-refractivity contribution in [2.24, 2.45) is 0 Å². The molecule has 1 saturated heterocycles. The number of likely N-dealkylation sites (tertiary alicyclic amines) is 1. The number of pyridine rings is 1. The second-order valence-electron chi connectivity index (χ2n) is 4.12. The maximum Gasteiger partial charge on any atom is 0.137 e. The molecule has 0 amide bonds. The zero-order valence-corrected chi connectivity index (χ0v) is 11.0. The molecule has 0 radical (unpaired) electrons. The van der Waals surface area contributed by atoms with Gasteiger partial charge in [-0.1, -0.05) is 6.58 Å². The Balaban J connectivity index is 1.98. The van der Waals surface area contributed by atoms with E-state index in [1.54, 1.807) is 18.6 Å². The highest BCUT2D eigenvalue weighted by molar-refractivity contribution is 9.10. The van der Waals surface area contributed by atoms with Gasteiger partial charge in [0.15, 0.2) is 0 Å². The number of rotatable bonds is 3. The van der Waals surface area contributed by atoms with Crippen LogP contribution in [-0.4, -0.2) is 35.2 Å². The first kappa shape index (κ1) is 12.4. The number of hydrogen-bond acceptors (Lipinski definition) is 3. The van der Waals surface area contributed by atoms with E-state index in [1.807, 2.05) is 11.0 Å².